The summed E-state index contributed by atoms with van der Waals surface area (Å²) in [6.07, 6.45) is 1.49. The van der Waals surface area contributed by atoms with Crippen LogP contribution in [0, 0.1) is 5.92 Å². The second-order valence-electron chi connectivity index (χ2n) is 6.25. The van der Waals surface area contributed by atoms with Crippen LogP contribution in [0.15, 0.2) is 28.7 Å². The number of hydrogen-bond donors (Lipinski definition) is 2. The highest BCUT2D eigenvalue weighted by molar-refractivity contribution is 9.10. The molecule has 1 aromatic rings. The van der Waals surface area contributed by atoms with E-state index in [1.165, 1.54) is 0 Å². The molecule has 21 heavy (non-hydrogen) atoms. The highest BCUT2D eigenvalue weighted by Crippen LogP contribution is 2.31. The summed E-state index contributed by atoms with van der Waals surface area (Å²) >= 11 is 3.52. The summed E-state index contributed by atoms with van der Waals surface area (Å²) in [7, 11) is 0. The Hall–Kier alpha value is -1.07. The van der Waals surface area contributed by atoms with Crippen LogP contribution in [-0.2, 0) is 4.79 Å². The highest BCUT2D eigenvalue weighted by Gasteiger charge is 2.40. The first kappa shape index (κ1) is 16.3. The van der Waals surface area contributed by atoms with Gasteiger partial charge in [-0.3, -0.25) is 4.79 Å². The molecule has 116 valence electrons. The lowest BCUT2D eigenvalue weighted by Crippen LogP contribution is -2.57. The Morgan fingerprint density at radius 3 is 2.52 bits per heavy atom. The Morgan fingerprint density at radius 2 is 2.00 bits per heavy atom. The van der Waals surface area contributed by atoms with Crippen LogP contribution in [0.4, 0.5) is 5.69 Å². The van der Waals surface area contributed by atoms with Crippen LogP contribution in [0.1, 0.15) is 26.7 Å². The fraction of sp³-hybridized carbons (Fsp3) is 0.562. The smallest absolute Gasteiger partial charge is 0.243 e. The minimum absolute atomic E-state index is 0.262. The molecule has 0 saturated carbocycles. The Bertz CT molecular complexity index is 496. The fourth-order valence-electron chi connectivity index (χ4n) is 2.89. The molecule has 1 aliphatic heterocycles. The number of benzene rings is 1. The number of anilines is 1. The standard InChI is InChI=1S/C16H24BrN3O/c1-12(2)11-20-9-7-16(8-10-20,15(18)21)19-14-6-4-3-5-13(14)17/h3-6,12,19H,7-11H2,1-2H3,(H2,18,21). The second-order valence-corrected chi connectivity index (χ2v) is 7.10. The number of carbonyl (C=O) groups is 1. The minimum Gasteiger partial charge on any atom is -0.370 e. The quantitative estimate of drug-likeness (QED) is 0.855. The number of likely N-dealkylation sites (tertiary alicyclic amines) is 1. The van der Waals surface area contributed by atoms with E-state index < -0.39 is 5.54 Å². The molecule has 0 bridgehead atoms. The lowest BCUT2D eigenvalue weighted by molar-refractivity contribution is -0.123. The first-order valence-corrected chi connectivity index (χ1v) is 8.27. The SMILES string of the molecule is CC(C)CN1CCC(Nc2ccccc2Br)(C(N)=O)CC1. The normalized spacial score (nSPS) is 18.7. The Morgan fingerprint density at radius 1 is 1.38 bits per heavy atom. The van der Waals surface area contributed by atoms with Gasteiger partial charge >= 0.3 is 0 Å². The van der Waals surface area contributed by atoms with Crippen LogP contribution in [0.5, 0.6) is 0 Å². The van der Waals surface area contributed by atoms with Crippen molar-refractivity contribution in [1.82, 2.24) is 4.90 Å². The van der Waals surface area contributed by atoms with E-state index in [4.69, 9.17) is 5.73 Å². The van der Waals surface area contributed by atoms with Crippen molar-refractivity contribution in [2.24, 2.45) is 11.7 Å². The number of amides is 1. The molecule has 4 nitrogen and oxygen atoms in total. The van der Waals surface area contributed by atoms with E-state index >= 15 is 0 Å². The molecule has 1 amide bonds. The van der Waals surface area contributed by atoms with Crippen molar-refractivity contribution in [3.05, 3.63) is 28.7 Å². The topological polar surface area (TPSA) is 58.4 Å². The van der Waals surface area contributed by atoms with Crippen molar-refractivity contribution < 1.29 is 4.79 Å². The van der Waals surface area contributed by atoms with E-state index in [1.807, 2.05) is 24.3 Å². The Balaban J connectivity index is 2.10. The first-order valence-electron chi connectivity index (χ1n) is 7.48. The second kappa shape index (κ2) is 6.79. The van der Waals surface area contributed by atoms with Gasteiger partial charge in [-0.25, -0.2) is 0 Å². The van der Waals surface area contributed by atoms with Crippen molar-refractivity contribution in [3.63, 3.8) is 0 Å². The van der Waals surface area contributed by atoms with Crippen LogP contribution in [0.2, 0.25) is 0 Å². The average Bonchev–Trinajstić information content (AvgIpc) is 2.43. The van der Waals surface area contributed by atoms with E-state index in [1.54, 1.807) is 0 Å². The molecule has 1 aliphatic rings. The molecule has 0 atom stereocenters. The molecular formula is C16H24BrN3O. The number of piperidine rings is 1. The van der Waals surface area contributed by atoms with E-state index in [2.05, 4.69) is 40.0 Å². The summed E-state index contributed by atoms with van der Waals surface area (Å²) in [5, 5.41) is 3.39. The zero-order valence-electron chi connectivity index (χ0n) is 12.7. The predicted molar refractivity (Wildman–Crippen MR) is 90.2 cm³/mol. The molecule has 0 aliphatic carbocycles. The van der Waals surface area contributed by atoms with Crippen molar-refractivity contribution in [2.75, 3.05) is 25.0 Å². The fourth-order valence-corrected chi connectivity index (χ4v) is 3.27. The van der Waals surface area contributed by atoms with Crippen LogP contribution in [0.25, 0.3) is 0 Å². The van der Waals surface area contributed by atoms with E-state index in [0.29, 0.717) is 5.92 Å². The molecule has 0 unspecified atom stereocenters. The number of nitrogens with two attached hydrogens (primary N) is 1. The number of nitrogens with one attached hydrogen (secondary N) is 1. The van der Waals surface area contributed by atoms with Crippen molar-refractivity contribution in [1.29, 1.82) is 0 Å². The highest BCUT2D eigenvalue weighted by atomic mass is 79.9. The third kappa shape index (κ3) is 3.98. The van der Waals surface area contributed by atoms with Gasteiger partial charge in [0.1, 0.15) is 5.54 Å². The molecule has 3 N–H and O–H groups in total. The summed E-state index contributed by atoms with van der Waals surface area (Å²) in [6, 6.07) is 7.84. The number of carbonyl (C=O) groups excluding carboxylic acids is 1. The van der Waals surface area contributed by atoms with Gasteiger partial charge in [0.05, 0.1) is 0 Å². The maximum atomic E-state index is 12.0. The van der Waals surface area contributed by atoms with Gasteiger partial charge in [0.2, 0.25) is 5.91 Å². The number of hydrogen-bond acceptors (Lipinski definition) is 3. The van der Waals surface area contributed by atoms with E-state index in [-0.39, 0.29) is 5.91 Å². The summed E-state index contributed by atoms with van der Waals surface area (Å²) in [5.41, 5.74) is 5.99. The summed E-state index contributed by atoms with van der Waals surface area (Å²) in [4.78, 5) is 14.5. The first-order chi connectivity index (χ1) is 9.93. The van der Waals surface area contributed by atoms with Crippen LogP contribution >= 0.6 is 15.9 Å². The molecule has 0 spiro atoms. The Kier molecular flexibility index (Phi) is 5.27. The van der Waals surface area contributed by atoms with Crippen LogP contribution in [0.3, 0.4) is 0 Å². The largest absolute Gasteiger partial charge is 0.370 e. The van der Waals surface area contributed by atoms with Crippen molar-refractivity contribution in [3.8, 4) is 0 Å². The van der Waals surface area contributed by atoms with Crippen LogP contribution in [-0.4, -0.2) is 36.0 Å². The van der Waals surface area contributed by atoms with Crippen LogP contribution < -0.4 is 11.1 Å². The third-order valence-electron chi connectivity index (χ3n) is 4.05. The van der Waals surface area contributed by atoms with Gasteiger partial charge in [-0.1, -0.05) is 26.0 Å². The van der Waals surface area contributed by atoms with E-state index in [9.17, 15) is 4.79 Å². The zero-order valence-corrected chi connectivity index (χ0v) is 14.3. The van der Waals surface area contributed by atoms with E-state index in [0.717, 1.165) is 42.6 Å². The minimum atomic E-state index is -0.642. The monoisotopic (exact) mass is 353 g/mol. The van der Waals surface area contributed by atoms with Crippen molar-refractivity contribution in [2.45, 2.75) is 32.2 Å². The molecule has 5 heteroatoms. The predicted octanol–water partition coefficient (Wildman–Crippen LogP) is 2.84. The molecular weight excluding hydrogens is 330 g/mol. The summed E-state index contributed by atoms with van der Waals surface area (Å²) < 4.78 is 0.954. The van der Waals surface area contributed by atoms with Gasteiger partial charge in [0.15, 0.2) is 0 Å². The zero-order chi connectivity index (χ0) is 15.5. The molecule has 2 rings (SSSR count). The third-order valence-corrected chi connectivity index (χ3v) is 4.74. The maximum absolute atomic E-state index is 12.0. The van der Waals surface area contributed by atoms with Gasteiger partial charge in [-0.2, -0.15) is 0 Å². The number of nitrogens with zero attached hydrogens (tertiary/aromatic N) is 1. The van der Waals surface area contributed by atoms with Gasteiger partial charge < -0.3 is 16.0 Å². The average molecular weight is 354 g/mol. The molecule has 1 saturated heterocycles. The maximum Gasteiger partial charge on any atom is 0.243 e. The summed E-state index contributed by atoms with van der Waals surface area (Å²) in [6.45, 7) is 7.31. The van der Waals surface area contributed by atoms with Gasteiger partial charge in [0, 0.05) is 29.8 Å². The number of halogens is 1. The van der Waals surface area contributed by atoms with Crippen molar-refractivity contribution >= 4 is 27.5 Å². The number of primary amides is 1. The Labute approximate surface area is 135 Å². The molecule has 1 heterocycles. The van der Waals surface area contributed by atoms with Gasteiger partial charge in [-0.05, 0) is 46.8 Å². The number of rotatable bonds is 5. The molecule has 1 aromatic carbocycles. The summed E-state index contributed by atoms with van der Waals surface area (Å²) in [5.74, 6) is 0.379. The van der Waals surface area contributed by atoms with Gasteiger partial charge in [-0.15, -0.1) is 0 Å². The molecule has 0 radical (unpaired) electrons. The van der Waals surface area contributed by atoms with Gasteiger partial charge in [0.25, 0.3) is 0 Å². The molecule has 1 fully saturated rings. The molecule has 0 aromatic heterocycles. The lowest BCUT2D eigenvalue weighted by atomic mass is 9.86. The number of para-hydroxylation sites is 1. The lowest BCUT2D eigenvalue weighted by Gasteiger charge is -2.41.